The van der Waals surface area contributed by atoms with Crippen molar-refractivity contribution in [1.82, 2.24) is 9.13 Å². The first-order valence-corrected chi connectivity index (χ1v) is 18.8. The van der Waals surface area contributed by atoms with E-state index in [-0.39, 0.29) is 31.3 Å². The lowest BCUT2D eigenvalue weighted by molar-refractivity contribution is 0.0600. The van der Waals surface area contributed by atoms with Gasteiger partial charge in [0.15, 0.2) is 0 Å². The number of hydrogen-bond donors (Lipinski definition) is 0. The number of carbonyl (C=O) groups excluding carboxylic acids is 1. The Kier molecular flexibility index (Phi) is 9.71. The number of methoxy groups -OCH3 is 1. The summed E-state index contributed by atoms with van der Waals surface area (Å²) in [6.07, 6.45) is 0. The fraction of sp³-hybridized carbons (Fsp3) is 0.636. The minimum absolute atomic E-state index is 0.00329. The summed E-state index contributed by atoms with van der Waals surface area (Å²) in [4.78, 5) is 28.9. The van der Waals surface area contributed by atoms with Crippen molar-refractivity contribution in [2.45, 2.75) is 71.4 Å². The Bertz CT molecular complexity index is 1110. The lowest BCUT2D eigenvalue weighted by Crippen LogP contribution is -2.28. The largest absolute Gasteiger partial charge is 0.465 e. The fourth-order valence-electron chi connectivity index (χ4n) is 3.35. The highest BCUT2D eigenvalue weighted by molar-refractivity contribution is 6.76. The topological polar surface area (TPSA) is 120 Å². The molecule has 0 N–H and O–H groups in total. The van der Waals surface area contributed by atoms with Gasteiger partial charge in [-0.2, -0.15) is 0 Å². The lowest BCUT2D eigenvalue weighted by Gasteiger charge is -2.15. The molecule has 12 heteroatoms. The Labute approximate surface area is 202 Å². The standard InChI is InChI=1S/C22H37N5O5Si2/c1-30-21(28)18-9-8-17(14-24-25-23)19-20(18)27(16-32-11-13-34(5,6)7)22(29)26(19)15-31-10-12-33(2,3)4/h8-9H,10-16H2,1-7H3. The molecule has 0 aliphatic carbocycles. The molecule has 0 spiro atoms. The first kappa shape index (κ1) is 27.9. The molecule has 0 radical (unpaired) electrons. The van der Waals surface area contributed by atoms with Gasteiger partial charge in [-0.3, -0.25) is 9.13 Å². The Hall–Kier alpha value is -2.38. The molecule has 0 atom stereocenters. The predicted molar refractivity (Wildman–Crippen MR) is 139 cm³/mol. The van der Waals surface area contributed by atoms with E-state index >= 15 is 0 Å². The molecule has 0 fully saturated rings. The number of aromatic nitrogens is 2. The summed E-state index contributed by atoms with van der Waals surface area (Å²) in [5.74, 6) is -0.562. The first-order valence-electron chi connectivity index (χ1n) is 11.4. The number of nitrogens with zero attached hydrogens (tertiary/aromatic N) is 5. The minimum Gasteiger partial charge on any atom is -0.465 e. The molecule has 0 saturated heterocycles. The predicted octanol–water partition coefficient (Wildman–Crippen LogP) is 5.02. The molecule has 0 amide bonds. The van der Waals surface area contributed by atoms with E-state index in [4.69, 9.17) is 19.7 Å². The average molecular weight is 508 g/mol. The number of esters is 1. The number of ether oxygens (including phenoxy) is 3. The van der Waals surface area contributed by atoms with Crippen molar-refractivity contribution in [2.75, 3.05) is 20.3 Å². The normalized spacial score (nSPS) is 12.1. The number of fused-ring (bicyclic) bond motifs is 1. The van der Waals surface area contributed by atoms with Crippen LogP contribution in [-0.4, -0.2) is 51.6 Å². The molecule has 188 valence electrons. The highest BCUT2D eigenvalue weighted by atomic mass is 28.3. The number of hydrogen-bond acceptors (Lipinski definition) is 6. The smallest absolute Gasteiger partial charge is 0.340 e. The van der Waals surface area contributed by atoms with E-state index in [2.05, 4.69) is 49.3 Å². The Morgan fingerprint density at radius 3 is 1.97 bits per heavy atom. The zero-order valence-corrected chi connectivity index (χ0v) is 23.4. The molecule has 34 heavy (non-hydrogen) atoms. The summed E-state index contributed by atoms with van der Waals surface area (Å²) in [7, 11) is -1.31. The third-order valence-electron chi connectivity index (χ3n) is 5.38. The van der Waals surface area contributed by atoms with Crippen LogP contribution >= 0.6 is 0 Å². The van der Waals surface area contributed by atoms with Gasteiger partial charge in [-0.25, -0.2) is 9.59 Å². The summed E-state index contributed by atoms with van der Waals surface area (Å²) in [5.41, 5.74) is 10.2. The molecule has 0 aliphatic rings. The molecule has 0 aliphatic heterocycles. The van der Waals surface area contributed by atoms with Crippen molar-refractivity contribution >= 4 is 33.2 Å². The van der Waals surface area contributed by atoms with Gasteiger partial charge in [-0.05, 0) is 29.2 Å². The monoisotopic (exact) mass is 507 g/mol. The van der Waals surface area contributed by atoms with E-state index in [1.807, 2.05) is 0 Å². The molecule has 1 heterocycles. The van der Waals surface area contributed by atoms with Crippen LogP contribution in [-0.2, 0) is 34.2 Å². The van der Waals surface area contributed by atoms with Crippen LogP contribution in [0.3, 0.4) is 0 Å². The highest BCUT2D eigenvalue weighted by Crippen LogP contribution is 2.25. The van der Waals surface area contributed by atoms with Gasteiger partial charge in [0.1, 0.15) is 13.5 Å². The second-order valence-electron chi connectivity index (χ2n) is 10.7. The first-order chi connectivity index (χ1) is 15.9. The Morgan fingerprint density at radius 2 is 1.50 bits per heavy atom. The zero-order chi connectivity index (χ0) is 25.5. The van der Waals surface area contributed by atoms with E-state index < -0.39 is 22.1 Å². The number of azide groups is 1. The summed E-state index contributed by atoms with van der Waals surface area (Å²) in [6, 6.07) is 5.17. The summed E-state index contributed by atoms with van der Waals surface area (Å²) >= 11 is 0. The molecule has 1 aromatic carbocycles. The maximum atomic E-state index is 13.5. The van der Waals surface area contributed by atoms with Gasteiger partial charge in [0.2, 0.25) is 0 Å². The third-order valence-corrected chi connectivity index (χ3v) is 8.79. The number of carbonyl (C=O) groups is 1. The Balaban J connectivity index is 2.56. The SMILES string of the molecule is COC(=O)c1ccc(CN=[N+]=[N-])c2c1n(COCC[Si](C)(C)C)c(=O)n2COCC[Si](C)(C)C. The van der Waals surface area contributed by atoms with Gasteiger partial charge in [0.05, 0.1) is 30.3 Å². The van der Waals surface area contributed by atoms with Crippen molar-refractivity contribution in [3.8, 4) is 0 Å². The maximum absolute atomic E-state index is 13.5. The van der Waals surface area contributed by atoms with Gasteiger partial charge in [-0.15, -0.1) is 0 Å². The molecule has 10 nitrogen and oxygen atoms in total. The summed E-state index contributed by atoms with van der Waals surface area (Å²) < 4.78 is 19.6. The van der Waals surface area contributed by atoms with Crippen LogP contribution in [0, 0.1) is 0 Å². The van der Waals surface area contributed by atoms with Gasteiger partial charge < -0.3 is 14.2 Å². The average Bonchev–Trinajstić information content (AvgIpc) is 3.02. The van der Waals surface area contributed by atoms with Crippen LogP contribution in [0.5, 0.6) is 0 Å². The molecule has 0 unspecified atom stereocenters. The van der Waals surface area contributed by atoms with Gasteiger partial charge in [0.25, 0.3) is 0 Å². The third kappa shape index (κ3) is 7.57. The van der Waals surface area contributed by atoms with Crippen molar-refractivity contribution in [1.29, 1.82) is 0 Å². The summed E-state index contributed by atoms with van der Waals surface area (Å²) in [5, 5.41) is 3.68. The Morgan fingerprint density at radius 1 is 0.971 bits per heavy atom. The van der Waals surface area contributed by atoms with Crippen LogP contribution in [0.2, 0.25) is 51.4 Å². The van der Waals surface area contributed by atoms with E-state index in [0.29, 0.717) is 29.8 Å². The van der Waals surface area contributed by atoms with E-state index in [0.717, 1.165) is 12.1 Å². The van der Waals surface area contributed by atoms with Crippen molar-refractivity contribution < 1.29 is 19.0 Å². The summed E-state index contributed by atoms with van der Waals surface area (Å²) in [6.45, 7) is 14.6. The van der Waals surface area contributed by atoms with Crippen molar-refractivity contribution in [2.24, 2.45) is 5.11 Å². The quantitative estimate of drug-likeness (QED) is 0.0940. The molecular weight excluding hydrogens is 470 g/mol. The number of rotatable bonds is 13. The van der Waals surface area contributed by atoms with Crippen LogP contribution in [0.1, 0.15) is 15.9 Å². The molecule has 0 saturated carbocycles. The van der Waals surface area contributed by atoms with Crippen LogP contribution < -0.4 is 5.69 Å². The van der Waals surface area contributed by atoms with Crippen molar-refractivity contribution in [3.63, 3.8) is 0 Å². The van der Waals surface area contributed by atoms with E-state index in [1.54, 1.807) is 12.1 Å². The number of imidazole rings is 1. The van der Waals surface area contributed by atoms with Gasteiger partial charge in [-0.1, -0.05) is 50.5 Å². The lowest BCUT2D eigenvalue weighted by atomic mass is 10.1. The van der Waals surface area contributed by atoms with Crippen LogP contribution in [0.4, 0.5) is 0 Å². The zero-order valence-electron chi connectivity index (χ0n) is 21.4. The molecule has 2 aromatic rings. The highest BCUT2D eigenvalue weighted by Gasteiger charge is 2.24. The second-order valence-corrected chi connectivity index (χ2v) is 21.9. The van der Waals surface area contributed by atoms with Crippen LogP contribution in [0.15, 0.2) is 22.0 Å². The molecule has 1 aromatic heterocycles. The van der Waals surface area contributed by atoms with Crippen molar-refractivity contribution in [3.05, 3.63) is 44.2 Å². The van der Waals surface area contributed by atoms with E-state index in [1.165, 1.54) is 16.2 Å². The fourth-order valence-corrected chi connectivity index (χ4v) is 4.86. The van der Waals surface area contributed by atoms with Gasteiger partial charge in [0, 0.05) is 34.3 Å². The van der Waals surface area contributed by atoms with Crippen LogP contribution in [0.25, 0.3) is 21.5 Å². The molecule has 2 rings (SSSR count). The van der Waals surface area contributed by atoms with Gasteiger partial charge >= 0.3 is 11.7 Å². The number of benzene rings is 1. The minimum atomic E-state index is -1.31. The second kappa shape index (κ2) is 11.8. The molecule has 0 bridgehead atoms. The maximum Gasteiger partial charge on any atom is 0.340 e. The molecular formula is C22H37N5O5Si2. The van der Waals surface area contributed by atoms with E-state index in [9.17, 15) is 9.59 Å².